The Kier molecular flexibility index (Phi) is 4.14. The van der Waals surface area contributed by atoms with Gasteiger partial charge in [-0.3, -0.25) is 14.9 Å². The minimum Gasteiger partial charge on any atom is -0.481 e. The van der Waals surface area contributed by atoms with Crippen LogP contribution >= 0.6 is 0 Å². The van der Waals surface area contributed by atoms with Gasteiger partial charge in [0.2, 0.25) is 0 Å². The summed E-state index contributed by atoms with van der Waals surface area (Å²) in [5, 5.41) is 19.9. The lowest BCUT2D eigenvalue weighted by Crippen LogP contribution is -2.15. The molecule has 5 heteroatoms. The molecule has 0 aliphatic heterocycles. The molecule has 1 saturated carbocycles. The number of benzene rings is 1. The van der Waals surface area contributed by atoms with Gasteiger partial charge in [-0.05, 0) is 17.9 Å². The number of nitrogens with zero attached hydrogens (tertiary/aromatic N) is 1. The van der Waals surface area contributed by atoms with Gasteiger partial charge in [0, 0.05) is 12.1 Å². The lowest BCUT2D eigenvalue weighted by molar-refractivity contribution is -0.384. The first-order chi connectivity index (χ1) is 9.08. The fourth-order valence-electron chi connectivity index (χ4n) is 2.79. The Morgan fingerprint density at radius 1 is 1.32 bits per heavy atom. The Morgan fingerprint density at radius 3 is 2.37 bits per heavy atom. The van der Waals surface area contributed by atoms with E-state index < -0.39 is 16.8 Å². The molecule has 0 saturated heterocycles. The molecule has 1 fully saturated rings. The van der Waals surface area contributed by atoms with Gasteiger partial charge in [-0.15, -0.1) is 0 Å². The largest absolute Gasteiger partial charge is 0.481 e. The van der Waals surface area contributed by atoms with Gasteiger partial charge in [-0.2, -0.15) is 0 Å². The van der Waals surface area contributed by atoms with Gasteiger partial charge in [-0.25, -0.2) is 0 Å². The van der Waals surface area contributed by atoms with E-state index in [1.54, 1.807) is 12.1 Å². The van der Waals surface area contributed by atoms with Crippen LogP contribution in [0.2, 0.25) is 0 Å². The third kappa shape index (κ3) is 3.30. The molecule has 1 atom stereocenters. The Hall–Kier alpha value is -1.91. The Labute approximate surface area is 111 Å². The molecule has 2 rings (SSSR count). The number of aliphatic carboxylic acids is 1. The maximum absolute atomic E-state index is 11.4. The number of hydrogen-bond donors (Lipinski definition) is 1. The van der Waals surface area contributed by atoms with E-state index in [1.807, 2.05) is 0 Å². The predicted octanol–water partition coefficient (Wildman–Crippen LogP) is 3.34. The highest BCUT2D eigenvalue weighted by Gasteiger charge is 2.26. The summed E-state index contributed by atoms with van der Waals surface area (Å²) in [4.78, 5) is 21.5. The van der Waals surface area contributed by atoms with Crippen molar-refractivity contribution in [1.29, 1.82) is 0 Å². The van der Waals surface area contributed by atoms with Gasteiger partial charge in [0.1, 0.15) is 0 Å². The third-order valence-electron chi connectivity index (χ3n) is 3.85. The highest BCUT2D eigenvalue weighted by Crippen LogP contribution is 2.34. The summed E-state index contributed by atoms with van der Waals surface area (Å²) in [6, 6.07) is 5.87. The summed E-state index contributed by atoms with van der Waals surface area (Å²) < 4.78 is 0. The average molecular weight is 263 g/mol. The minimum absolute atomic E-state index is 0.00578. The number of rotatable bonds is 5. The summed E-state index contributed by atoms with van der Waals surface area (Å²) in [6.07, 6.45) is 5.18. The SMILES string of the molecule is O=C(O)[C@H](CC1CCCC1)c1ccc([N+](=O)[O-])cc1. The Balaban J connectivity index is 2.13. The smallest absolute Gasteiger partial charge is 0.310 e. The zero-order valence-corrected chi connectivity index (χ0v) is 10.6. The molecular formula is C14H17NO4. The predicted molar refractivity (Wildman–Crippen MR) is 70.0 cm³/mol. The van der Waals surface area contributed by atoms with Crippen LogP contribution in [0.1, 0.15) is 43.6 Å². The van der Waals surface area contributed by atoms with Crippen LogP contribution in [0.3, 0.4) is 0 Å². The first-order valence-corrected chi connectivity index (χ1v) is 6.55. The zero-order valence-electron chi connectivity index (χ0n) is 10.6. The van der Waals surface area contributed by atoms with Crippen LogP contribution in [0, 0.1) is 16.0 Å². The molecule has 1 N–H and O–H groups in total. The molecule has 102 valence electrons. The quantitative estimate of drug-likeness (QED) is 0.652. The third-order valence-corrected chi connectivity index (χ3v) is 3.85. The molecule has 0 spiro atoms. The van der Waals surface area contributed by atoms with Crippen LogP contribution in [0.15, 0.2) is 24.3 Å². The zero-order chi connectivity index (χ0) is 13.8. The van der Waals surface area contributed by atoms with E-state index in [2.05, 4.69) is 0 Å². The Morgan fingerprint density at radius 2 is 1.89 bits per heavy atom. The van der Waals surface area contributed by atoms with E-state index in [-0.39, 0.29) is 5.69 Å². The summed E-state index contributed by atoms with van der Waals surface area (Å²) in [5.74, 6) is -0.930. The Bertz CT molecular complexity index is 463. The summed E-state index contributed by atoms with van der Waals surface area (Å²) >= 11 is 0. The number of hydrogen-bond acceptors (Lipinski definition) is 3. The van der Waals surface area contributed by atoms with Crippen LogP contribution in [-0.4, -0.2) is 16.0 Å². The summed E-state index contributed by atoms with van der Waals surface area (Å²) in [6.45, 7) is 0. The molecule has 0 aromatic heterocycles. The molecule has 0 radical (unpaired) electrons. The van der Waals surface area contributed by atoms with Crippen molar-refractivity contribution < 1.29 is 14.8 Å². The van der Waals surface area contributed by atoms with Crippen molar-refractivity contribution in [1.82, 2.24) is 0 Å². The first-order valence-electron chi connectivity index (χ1n) is 6.55. The van der Waals surface area contributed by atoms with Gasteiger partial charge in [0.25, 0.3) is 5.69 Å². The maximum atomic E-state index is 11.4. The second-order valence-corrected chi connectivity index (χ2v) is 5.13. The van der Waals surface area contributed by atoms with E-state index >= 15 is 0 Å². The standard InChI is InChI=1S/C14H17NO4/c16-14(17)13(9-10-3-1-2-4-10)11-5-7-12(8-6-11)15(18)19/h5-8,10,13H,1-4,9H2,(H,16,17)/t13-/m1/s1. The van der Waals surface area contributed by atoms with E-state index in [0.717, 1.165) is 12.8 Å². The number of nitro groups is 1. The van der Waals surface area contributed by atoms with Gasteiger partial charge < -0.3 is 5.11 Å². The van der Waals surface area contributed by atoms with Crippen LogP contribution in [-0.2, 0) is 4.79 Å². The molecule has 0 heterocycles. The van der Waals surface area contributed by atoms with Crippen molar-refractivity contribution in [3.05, 3.63) is 39.9 Å². The summed E-state index contributed by atoms with van der Waals surface area (Å²) in [7, 11) is 0. The first kappa shape index (κ1) is 13.5. The van der Waals surface area contributed by atoms with Crippen molar-refractivity contribution in [2.45, 2.75) is 38.0 Å². The second-order valence-electron chi connectivity index (χ2n) is 5.13. The van der Waals surface area contributed by atoms with Gasteiger partial charge >= 0.3 is 5.97 Å². The molecule has 1 aromatic rings. The molecule has 19 heavy (non-hydrogen) atoms. The molecule has 0 unspecified atom stereocenters. The lowest BCUT2D eigenvalue weighted by atomic mass is 9.88. The summed E-state index contributed by atoms with van der Waals surface area (Å²) in [5.41, 5.74) is 0.652. The molecule has 1 aromatic carbocycles. The van der Waals surface area contributed by atoms with Gasteiger partial charge in [0.05, 0.1) is 10.8 Å². The van der Waals surface area contributed by atoms with Crippen molar-refractivity contribution in [3.8, 4) is 0 Å². The molecule has 1 aliphatic carbocycles. The van der Waals surface area contributed by atoms with Crippen LogP contribution in [0.5, 0.6) is 0 Å². The molecular weight excluding hydrogens is 246 g/mol. The number of carbonyl (C=O) groups is 1. The highest BCUT2D eigenvalue weighted by atomic mass is 16.6. The number of non-ortho nitro benzene ring substituents is 1. The van der Waals surface area contributed by atoms with E-state index in [9.17, 15) is 20.0 Å². The van der Waals surface area contributed by atoms with Crippen molar-refractivity contribution in [2.24, 2.45) is 5.92 Å². The number of carboxylic acid groups (broad SMARTS) is 1. The monoisotopic (exact) mass is 263 g/mol. The van der Waals surface area contributed by atoms with Crippen LogP contribution in [0.25, 0.3) is 0 Å². The van der Waals surface area contributed by atoms with E-state index in [4.69, 9.17) is 0 Å². The molecule has 0 amide bonds. The van der Waals surface area contributed by atoms with Crippen LogP contribution in [0.4, 0.5) is 5.69 Å². The fraction of sp³-hybridized carbons (Fsp3) is 0.500. The van der Waals surface area contributed by atoms with E-state index in [0.29, 0.717) is 17.9 Å². The van der Waals surface area contributed by atoms with E-state index in [1.165, 1.54) is 25.0 Å². The topological polar surface area (TPSA) is 80.4 Å². The lowest BCUT2D eigenvalue weighted by Gasteiger charge is -2.16. The fourth-order valence-corrected chi connectivity index (χ4v) is 2.79. The van der Waals surface area contributed by atoms with Gasteiger partial charge in [-0.1, -0.05) is 37.8 Å². The average Bonchev–Trinajstić information content (AvgIpc) is 2.88. The van der Waals surface area contributed by atoms with Crippen LogP contribution < -0.4 is 0 Å². The van der Waals surface area contributed by atoms with Crippen molar-refractivity contribution in [3.63, 3.8) is 0 Å². The number of carboxylic acids is 1. The molecule has 0 bridgehead atoms. The minimum atomic E-state index is -0.847. The molecule has 5 nitrogen and oxygen atoms in total. The number of nitro benzene ring substituents is 1. The van der Waals surface area contributed by atoms with Gasteiger partial charge in [0.15, 0.2) is 0 Å². The van der Waals surface area contributed by atoms with Crippen molar-refractivity contribution in [2.75, 3.05) is 0 Å². The second kappa shape index (κ2) is 5.82. The maximum Gasteiger partial charge on any atom is 0.310 e. The normalized spacial score (nSPS) is 17.3. The van der Waals surface area contributed by atoms with Crippen molar-refractivity contribution >= 4 is 11.7 Å². The molecule has 1 aliphatic rings. The highest BCUT2D eigenvalue weighted by molar-refractivity contribution is 5.76.